The Morgan fingerprint density at radius 1 is 1.47 bits per heavy atom. The number of nitrogens with zero attached hydrogens (tertiary/aromatic N) is 2. The molecule has 0 aromatic carbocycles. The van der Waals surface area contributed by atoms with Gasteiger partial charge in [-0.15, -0.1) is 0 Å². The summed E-state index contributed by atoms with van der Waals surface area (Å²) in [6, 6.07) is 0.281. The third kappa shape index (κ3) is 4.28. The maximum atomic E-state index is 12.3. The van der Waals surface area contributed by atoms with Crippen LogP contribution in [-0.2, 0) is 4.79 Å². The first kappa shape index (κ1) is 14.5. The zero-order valence-electron chi connectivity index (χ0n) is 11.5. The molecule has 1 aliphatic heterocycles. The molecule has 1 fully saturated rings. The Morgan fingerprint density at radius 2 is 2.06 bits per heavy atom. The van der Waals surface area contributed by atoms with E-state index in [4.69, 9.17) is 5.73 Å². The lowest BCUT2D eigenvalue weighted by Gasteiger charge is -2.34. The number of unbranched alkanes of at least 4 members (excludes halogenated alkanes) is 1. The topological polar surface area (TPSA) is 49.6 Å². The van der Waals surface area contributed by atoms with E-state index in [1.165, 1.54) is 6.42 Å². The van der Waals surface area contributed by atoms with Gasteiger partial charge in [-0.05, 0) is 39.8 Å². The van der Waals surface area contributed by atoms with Crippen LogP contribution in [0.4, 0.5) is 0 Å². The molecule has 0 aromatic heterocycles. The molecular formula is C13H27N3O. The molecule has 0 bridgehead atoms. The zero-order valence-corrected chi connectivity index (χ0v) is 11.5. The van der Waals surface area contributed by atoms with E-state index < -0.39 is 0 Å². The van der Waals surface area contributed by atoms with E-state index in [1.54, 1.807) is 0 Å². The van der Waals surface area contributed by atoms with Crippen LogP contribution >= 0.6 is 0 Å². The third-order valence-electron chi connectivity index (χ3n) is 3.73. The van der Waals surface area contributed by atoms with E-state index >= 15 is 0 Å². The number of carbonyl (C=O) groups excluding carboxylic acids is 1. The number of rotatable bonds is 5. The van der Waals surface area contributed by atoms with Crippen molar-refractivity contribution in [3.05, 3.63) is 0 Å². The van der Waals surface area contributed by atoms with Crippen molar-refractivity contribution in [1.82, 2.24) is 9.80 Å². The van der Waals surface area contributed by atoms with Crippen LogP contribution in [0, 0.1) is 0 Å². The fourth-order valence-corrected chi connectivity index (χ4v) is 2.17. The second-order valence-electron chi connectivity index (χ2n) is 5.17. The van der Waals surface area contributed by atoms with Gasteiger partial charge in [0.2, 0.25) is 5.91 Å². The average Bonchev–Trinajstić information content (AvgIpc) is 2.35. The van der Waals surface area contributed by atoms with Crippen LogP contribution in [0.15, 0.2) is 0 Å². The molecule has 0 aromatic rings. The largest absolute Gasteiger partial charge is 0.341 e. The molecule has 4 nitrogen and oxygen atoms in total. The third-order valence-corrected chi connectivity index (χ3v) is 3.73. The first-order valence-corrected chi connectivity index (χ1v) is 6.80. The van der Waals surface area contributed by atoms with Gasteiger partial charge in [-0.25, -0.2) is 0 Å². The Morgan fingerprint density at radius 3 is 2.59 bits per heavy atom. The molecule has 1 saturated heterocycles. The Balaban J connectivity index is 2.40. The molecule has 0 saturated carbocycles. The summed E-state index contributed by atoms with van der Waals surface area (Å²) in [6.07, 6.45) is 4.21. The fourth-order valence-electron chi connectivity index (χ4n) is 2.17. The van der Waals surface area contributed by atoms with E-state index in [1.807, 2.05) is 18.9 Å². The van der Waals surface area contributed by atoms with Crippen molar-refractivity contribution in [1.29, 1.82) is 0 Å². The Kier molecular flexibility index (Phi) is 5.92. The number of amides is 1. The zero-order chi connectivity index (χ0) is 12.8. The lowest BCUT2D eigenvalue weighted by molar-refractivity contribution is -0.137. The van der Waals surface area contributed by atoms with Gasteiger partial charge in [-0.1, -0.05) is 13.3 Å². The van der Waals surface area contributed by atoms with E-state index in [0.717, 1.165) is 38.9 Å². The molecule has 4 heteroatoms. The minimum absolute atomic E-state index is 0.00382. The Hall–Kier alpha value is -0.610. The van der Waals surface area contributed by atoms with Gasteiger partial charge in [0.25, 0.3) is 0 Å². The number of likely N-dealkylation sites (tertiary alicyclic amines) is 1. The van der Waals surface area contributed by atoms with Gasteiger partial charge in [0, 0.05) is 19.1 Å². The van der Waals surface area contributed by atoms with Gasteiger partial charge in [0.05, 0.1) is 6.04 Å². The van der Waals surface area contributed by atoms with Gasteiger partial charge in [-0.2, -0.15) is 0 Å². The standard InChI is InChI=1S/C13H27N3O/c1-4-5-8-15(3)11(2)13(17)16-9-6-12(14)7-10-16/h11-12H,4-10,14H2,1-3H3. The van der Waals surface area contributed by atoms with E-state index in [9.17, 15) is 4.79 Å². The molecule has 1 aliphatic rings. The van der Waals surface area contributed by atoms with Crippen LogP contribution in [0.2, 0.25) is 0 Å². The highest BCUT2D eigenvalue weighted by molar-refractivity contribution is 5.81. The van der Waals surface area contributed by atoms with E-state index in [2.05, 4.69) is 11.8 Å². The normalized spacial score (nSPS) is 19.7. The van der Waals surface area contributed by atoms with Crippen molar-refractivity contribution in [2.45, 2.75) is 51.6 Å². The van der Waals surface area contributed by atoms with Crippen molar-refractivity contribution in [2.75, 3.05) is 26.7 Å². The summed E-state index contributed by atoms with van der Waals surface area (Å²) in [4.78, 5) is 16.4. The van der Waals surface area contributed by atoms with Crippen LogP contribution in [0.5, 0.6) is 0 Å². The molecule has 1 unspecified atom stereocenters. The molecule has 0 radical (unpaired) electrons. The lowest BCUT2D eigenvalue weighted by atomic mass is 10.1. The highest BCUT2D eigenvalue weighted by atomic mass is 16.2. The van der Waals surface area contributed by atoms with Crippen molar-refractivity contribution in [3.63, 3.8) is 0 Å². The van der Waals surface area contributed by atoms with Crippen LogP contribution < -0.4 is 5.73 Å². The van der Waals surface area contributed by atoms with Crippen molar-refractivity contribution < 1.29 is 4.79 Å². The summed E-state index contributed by atoms with van der Waals surface area (Å²) in [5, 5.41) is 0. The summed E-state index contributed by atoms with van der Waals surface area (Å²) in [5.74, 6) is 0.260. The highest BCUT2D eigenvalue weighted by Crippen LogP contribution is 2.11. The van der Waals surface area contributed by atoms with Crippen molar-refractivity contribution >= 4 is 5.91 Å². The van der Waals surface area contributed by atoms with Crippen LogP contribution in [-0.4, -0.2) is 54.5 Å². The Labute approximate surface area is 105 Å². The SMILES string of the molecule is CCCCN(C)C(C)C(=O)N1CCC(N)CC1. The molecular weight excluding hydrogens is 214 g/mol. The summed E-state index contributed by atoms with van der Waals surface area (Å²) in [6.45, 7) is 6.83. The lowest BCUT2D eigenvalue weighted by Crippen LogP contribution is -2.50. The van der Waals surface area contributed by atoms with Crippen molar-refractivity contribution in [2.24, 2.45) is 5.73 Å². The molecule has 1 amide bonds. The van der Waals surface area contributed by atoms with Crippen LogP contribution in [0.25, 0.3) is 0 Å². The molecule has 100 valence electrons. The summed E-state index contributed by atoms with van der Waals surface area (Å²) in [5.41, 5.74) is 5.85. The quantitative estimate of drug-likeness (QED) is 0.783. The molecule has 1 heterocycles. The first-order chi connectivity index (χ1) is 8.06. The second kappa shape index (κ2) is 6.97. The van der Waals surface area contributed by atoms with Crippen LogP contribution in [0.3, 0.4) is 0 Å². The van der Waals surface area contributed by atoms with Gasteiger partial charge in [-0.3, -0.25) is 9.69 Å². The van der Waals surface area contributed by atoms with E-state index in [0.29, 0.717) is 0 Å². The first-order valence-electron chi connectivity index (χ1n) is 6.80. The fraction of sp³-hybridized carbons (Fsp3) is 0.923. The van der Waals surface area contributed by atoms with Crippen LogP contribution in [0.1, 0.15) is 39.5 Å². The second-order valence-corrected chi connectivity index (χ2v) is 5.17. The molecule has 1 atom stereocenters. The van der Waals surface area contributed by atoms with Gasteiger partial charge >= 0.3 is 0 Å². The molecule has 0 spiro atoms. The number of nitrogens with two attached hydrogens (primary N) is 1. The number of hydrogen-bond acceptors (Lipinski definition) is 3. The molecule has 17 heavy (non-hydrogen) atoms. The smallest absolute Gasteiger partial charge is 0.239 e. The predicted molar refractivity (Wildman–Crippen MR) is 70.8 cm³/mol. The minimum Gasteiger partial charge on any atom is -0.341 e. The summed E-state index contributed by atoms with van der Waals surface area (Å²) in [7, 11) is 2.04. The number of piperidine rings is 1. The number of hydrogen-bond donors (Lipinski definition) is 1. The monoisotopic (exact) mass is 241 g/mol. The van der Waals surface area contributed by atoms with Crippen molar-refractivity contribution in [3.8, 4) is 0 Å². The van der Waals surface area contributed by atoms with Gasteiger partial charge in [0.1, 0.15) is 0 Å². The average molecular weight is 241 g/mol. The molecule has 0 aliphatic carbocycles. The predicted octanol–water partition coefficient (Wildman–Crippen LogP) is 1.06. The maximum absolute atomic E-state index is 12.3. The maximum Gasteiger partial charge on any atom is 0.239 e. The molecule has 1 rings (SSSR count). The Bertz CT molecular complexity index is 237. The van der Waals surface area contributed by atoms with Gasteiger partial charge < -0.3 is 10.6 Å². The molecule has 2 N–H and O–H groups in total. The minimum atomic E-state index is -0.00382. The number of carbonyl (C=O) groups is 1. The number of likely N-dealkylation sites (N-methyl/N-ethyl adjacent to an activating group) is 1. The van der Waals surface area contributed by atoms with Gasteiger partial charge in [0.15, 0.2) is 0 Å². The summed E-state index contributed by atoms with van der Waals surface area (Å²) >= 11 is 0. The summed E-state index contributed by atoms with van der Waals surface area (Å²) < 4.78 is 0. The van der Waals surface area contributed by atoms with E-state index in [-0.39, 0.29) is 18.0 Å². The highest BCUT2D eigenvalue weighted by Gasteiger charge is 2.26.